The van der Waals surface area contributed by atoms with E-state index in [0.717, 1.165) is 0 Å². The molecular weight excluding hydrogens is 453 g/mol. The van der Waals surface area contributed by atoms with Gasteiger partial charge in [0.1, 0.15) is 21.8 Å². The fourth-order valence-corrected chi connectivity index (χ4v) is 2.89. The summed E-state index contributed by atoms with van der Waals surface area (Å²) < 4.78 is 25.5. The molecule has 0 saturated heterocycles. The van der Waals surface area contributed by atoms with Crippen molar-refractivity contribution in [3.8, 4) is 0 Å². The number of furan rings is 1. The Bertz CT molecular complexity index is 1130. The Kier molecular flexibility index (Phi) is 6.66. The number of esters is 1. The van der Waals surface area contributed by atoms with E-state index in [0.29, 0.717) is 27.1 Å². The zero-order valence-electron chi connectivity index (χ0n) is 16.8. The van der Waals surface area contributed by atoms with Gasteiger partial charge in [-0.1, -0.05) is 18.2 Å². The number of rotatable bonds is 5. The molecule has 0 bridgehead atoms. The number of carbonyl (C=O) groups is 1. The van der Waals surface area contributed by atoms with E-state index in [1.165, 1.54) is 18.4 Å². The summed E-state index contributed by atoms with van der Waals surface area (Å²) in [4.78, 5) is 24.6. The van der Waals surface area contributed by atoms with Crippen molar-refractivity contribution in [2.45, 2.75) is 32.8 Å². The highest BCUT2D eigenvalue weighted by atomic mass is 79.9. The first-order chi connectivity index (χ1) is 14.2. The van der Waals surface area contributed by atoms with Gasteiger partial charge >= 0.3 is 5.97 Å². The van der Waals surface area contributed by atoms with Crippen LogP contribution in [0.25, 0.3) is 6.08 Å². The van der Waals surface area contributed by atoms with E-state index in [9.17, 15) is 9.18 Å². The summed E-state index contributed by atoms with van der Waals surface area (Å²) in [5.41, 5.74) is 0.553. The maximum atomic E-state index is 14.2. The van der Waals surface area contributed by atoms with E-state index in [1.807, 2.05) is 0 Å². The van der Waals surface area contributed by atoms with Gasteiger partial charge in [0, 0.05) is 18.7 Å². The highest BCUT2D eigenvalue weighted by molar-refractivity contribution is 9.10. The largest absolute Gasteiger partial charge is 0.465 e. The van der Waals surface area contributed by atoms with Crippen LogP contribution in [0.1, 0.15) is 37.8 Å². The first kappa shape index (κ1) is 21.7. The first-order valence-corrected chi connectivity index (χ1v) is 10.0. The van der Waals surface area contributed by atoms with Gasteiger partial charge in [-0.3, -0.25) is 0 Å². The third-order valence-corrected chi connectivity index (χ3v) is 4.23. The van der Waals surface area contributed by atoms with Crippen LogP contribution in [0.15, 0.2) is 68.6 Å². The van der Waals surface area contributed by atoms with Crippen molar-refractivity contribution in [1.29, 1.82) is 0 Å². The van der Waals surface area contributed by atoms with Crippen LogP contribution in [-0.4, -0.2) is 21.5 Å². The van der Waals surface area contributed by atoms with Crippen LogP contribution >= 0.6 is 15.9 Å². The third kappa shape index (κ3) is 6.00. The topological polar surface area (TPSA) is 80.5 Å². The molecule has 156 valence electrons. The summed E-state index contributed by atoms with van der Waals surface area (Å²) in [6, 6.07) is 9.84. The number of nitrogens with zero attached hydrogens (tertiary/aromatic N) is 2. The van der Waals surface area contributed by atoms with E-state index in [4.69, 9.17) is 9.15 Å². The Balaban J connectivity index is 2.08. The van der Waals surface area contributed by atoms with Crippen LogP contribution < -0.4 is 5.49 Å². The highest BCUT2D eigenvalue weighted by Crippen LogP contribution is 2.16. The molecule has 2 aromatic heterocycles. The van der Waals surface area contributed by atoms with Crippen molar-refractivity contribution in [2.24, 2.45) is 4.99 Å². The van der Waals surface area contributed by atoms with Crippen molar-refractivity contribution < 1.29 is 18.3 Å². The summed E-state index contributed by atoms with van der Waals surface area (Å²) in [6.07, 6.45) is 4.75. The smallest absolute Gasteiger partial charge is 0.357 e. The van der Waals surface area contributed by atoms with Crippen molar-refractivity contribution in [2.75, 3.05) is 0 Å². The fourth-order valence-electron chi connectivity index (χ4n) is 2.56. The minimum absolute atomic E-state index is 0.0232. The molecular formula is C22H21BrFN3O3. The summed E-state index contributed by atoms with van der Waals surface area (Å²) in [7, 11) is 0. The maximum Gasteiger partial charge on any atom is 0.357 e. The van der Waals surface area contributed by atoms with Crippen molar-refractivity contribution in [3.63, 3.8) is 0 Å². The molecule has 0 fully saturated rings. The van der Waals surface area contributed by atoms with Crippen LogP contribution in [0.2, 0.25) is 0 Å². The van der Waals surface area contributed by atoms with E-state index in [-0.39, 0.29) is 17.9 Å². The Labute approximate surface area is 181 Å². The average molecular weight is 474 g/mol. The number of hydrogen-bond acceptors (Lipinski definition) is 5. The summed E-state index contributed by atoms with van der Waals surface area (Å²) in [5, 5.41) is 0. The number of hydrogen-bond donors (Lipinski definition) is 1. The van der Waals surface area contributed by atoms with Crippen molar-refractivity contribution >= 4 is 28.0 Å². The highest BCUT2D eigenvalue weighted by Gasteiger charge is 2.20. The zero-order chi connectivity index (χ0) is 21.7. The number of halogens is 2. The summed E-state index contributed by atoms with van der Waals surface area (Å²) in [6.45, 7) is 5.31. The summed E-state index contributed by atoms with van der Waals surface area (Å²) >= 11 is 3.31. The molecule has 6 nitrogen and oxygen atoms in total. The Hall–Kier alpha value is -3.00. The molecule has 3 aromatic rings. The molecule has 3 rings (SSSR count). The van der Waals surface area contributed by atoms with Crippen LogP contribution in [0.5, 0.6) is 0 Å². The molecule has 0 amide bonds. The summed E-state index contributed by atoms with van der Waals surface area (Å²) in [5.74, 6) is -0.517. The fraction of sp³-hybridized carbons (Fsp3) is 0.227. The van der Waals surface area contributed by atoms with E-state index in [2.05, 4.69) is 30.9 Å². The van der Waals surface area contributed by atoms with E-state index >= 15 is 0 Å². The van der Waals surface area contributed by atoms with Crippen LogP contribution in [0, 0.1) is 5.82 Å². The van der Waals surface area contributed by atoms with Crippen molar-refractivity contribution in [1.82, 2.24) is 9.97 Å². The Morgan fingerprint density at radius 2 is 2.07 bits per heavy atom. The molecule has 30 heavy (non-hydrogen) atoms. The quantitative estimate of drug-likeness (QED) is 0.427. The molecule has 0 aliphatic heterocycles. The Morgan fingerprint density at radius 3 is 2.73 bits per heavy atom. The molecule has 1 N–H and O–H groups in total. The first-order valence-electron chi connectivity index (χ1n) is 9.22. The maximum absolute atomic E-state index is 14.2. The van der Waals surface area contributed by atoms with E-state index in [1.54, 1.807) is 57.3 Å². The predicted octanol–water partition coefficient (Wildman–Crippen LogP) is 4.78. The second kappa shape index (κ2) is 9.21. The number of H-pyrrole nitrogens is 1. The molecule has 0 radical (unpaired) electrons. The van der Waals surface area contributed by atoms with Gasteiger partial charge in [-0.25, -0.2) is 19.2 Å². The number of carbonyl (C=O) groups excluding carboxylic acids is 1. The van der Waals surface area contributed by atoms with Crippen LogP contribution in [0.4, 0.5) is 4.39 Å². The number of ether oxygens (including phenoxy) is 1. The second-order valence-electron chi connectivity index (χ2n) is 7.45. The number of nitrogens with one attached hydrogen (secondary N) is 1. The van der Waals surface area contributed by atoms with E-state index < -0.39 is 11.6 Å². The minimum atomic E-state index is -0.702. The molecule has 2 heterocycles. The number of aromatic amines is 1. The standard InChI is InChI=1S/C22H21BrFN3O3/c1-22(2,3)30-21(28)18(12-15-8-6-10-29-15)27-20-17(26-19(23)13-25-20)11-14-7-4-5-9-16(14)24/h4-10,12-13H,11H2,1-3H3,(H,25,27)/b18-12+. The third-order valence-electron chi connectivity index (χ3n) is 3.82. The monoisotopic (exact) mass is 473 g/mol. The molecule has 1 aromatic carbocycles. The lowest BCUT2D eigenvalue weighted by atomic mass is 10.1. The molecule has 0 aliphatic carbocycles. The van der Waals surface area contributed by atoms with Gasteiger partial charge in [0.05, 0.1) is 12.0 Å². The molecule has 0 spiro atoms. The number of benzene rings is 1. The van der Waals surface area contributed by atoms with Gasteiger partial charge in [-0.15, -0.1) is 0 Å². The minimum Gasteiger partial charge on any atom is -0.465 e. The van der Waals surface area contributed by atoms with Crippen molar-refractivity contribution in [3.05, 3.63) is 87.5 Å². The number of aromatic nitrogens is 2. The average Bonchev–Trinajstić information content (AvgIpc) is 3.17. The van der Waals surface area contributed by atoms with Crippen LogP contribution in [0.3, 0.4) is 0 Å². The van der Waals surface area contributed by atoms with Crippen LogP contribution in [-0.2, 0) is 16.0 Å². The lowest BCUT2D eigenvalue weighted by Gasteiger charge is -2.19. The molecule has 0 atom stereocenters. The molecule has 0 aliphatic rings. The lowest BCUT2D eigenvalue weighted by molar-refractivity contribution is -0.149. The Morgan fingerprint density at radius 1 is 1.30 bits per heavy atom. The van der Waals surface area contributed by atoms with Gasteiger partial charge in [-0.05, 0) is 60.5 Å². The van der Waals surface area contributed by atoms with Gasteiger partial charge in [0.15, 0.2) is 11.2 Å². The lowest BCUT2D eigenvalue weighted by Crippen LogP contribution is -2.26. The van der Waals surface area contributed by atoms with Gasteiger partial charge in [0.2, 0.25) is 0 Å². The second-order valence-corrected chi connectivity index (χ2v) is 8.26. The zero-order valence-corrected chi connectivity index (χ0v) is 18.4. The SMILES string of the molecule is CC(C)(C)OC(=O)C(=C\c1ccco1)/N=c1\[nH]cc(Br)nc1Cc1ccccc1F. The molecule has 8 heteroatoms. The molecule has 0 saturated carbocycles. The normalized spacial score (nSPS) is 12.8. The predicted molar refractivity (Wildman–Crippen MR) is 114 cm³/mol. The van der Waals surface area contributed by atoms with Gasteiger partial charge in [-0.2, -0.15) is 0 Å². The van der Waals surface area contributed by atoms with Gasteiger partial charge in [0.25, 0.3) is 0 Å². The van der Waals surface area contributed by atoms with Gasteiger partial charge < -0.3 is 14.1 Å². The molecule has 0 unspecified atom stereocenters.